The molecule has 1 aromatic heterocycles. The highest BCUT2D eigenvalue weighted by molar-refractivity contribution is 6.39. The fourth-order valence-corrected chi connectivity index (χ4v) is 3.95. The van der Waals surface area contributed by atoms with E-state index in [1.54, 1.807) is 67.6 Å². The van der Waals surface area contributed by atoms with Crippen molar-refractivity contribution in [1.29, 1.82) is 0 Å². The van der Waals surface area contributed by atoms with Gasteiger partial charge in [-0.1, -0.05) is 46.6 Å². The van der Waals surface area contributed by atoms with Gasteiger partial charge >= 0.3 is 0 Å². The molecule has 0 saturated heterocycles. The lowest BCUT2D eigenvalue weighted by Crippen LogP contribution is -2.15. The van der Waals surface area contributed by atoms with Gasteiger partial charge in [-0.3, -0.25) is 9.59 Å². The van der Waals surface area contributed by atoms with Gasteiger partial charge in [0, 0.05) is 16.8 Å². The van der Waals surface area contributed by atoms with Crippen molar-refractivity contribution in [3.63, 3.8) is 0 Å². The molecule has 0 radical (unpaired) electrons. The Kier molecular flexibility index (Phi) is 6.86. The average Bonchev–Trinajstić information content (AvgIpc) is 3.20. The number of aromatic nitrogens is 1. The van der Waals surface area contributed by atoms with Crippen molar-refractivity contribution in [2.75, 3.05) is 17.7 Å². The first-order chi connectivity index (χ1) is 16.4. The zero-order chi connectivity index (χ0) is 24.2. The van der Waals surface area contributed by atoms with Crippen molar-refractivity contribution in [2.24, 2.45) is 0 Å². The van der Waals surface area contributed by atoms with Gasteiger partial charge in [0.25, 0.3) is 11.8 Å². The number of ether oxygens (including phenoxy) is 1. The van der Waals surface area contributed by atoms with E-state index in [-0.39, 0.29) is 17.2 Å². The maximum absolute atomic E-state index is 13.1. The van der Waals surface area contributed by atoms with Crippen molar-refractivity contribution >= 4 is 46.4 Å². The lowest BCUT2D eigenvalue weighted by atomic mass is 10.1. The minimum absolute atomic E-state index is 0.216. The van der Waals surface area contributed by atoms with Crippen LogP contribution in [0.25, 0.3) is 11.3 Å². The van der Waals surface area contributed by atoms with Gasteiger partial charge in [0.1, 0.15) is 22.8 Å². The van der Waals surface area contributed by atoms with E-state index in [1.807, 2.05) is 6.07 Å². The van der Waals surface area contributed by atoms with Gasteiger partial charge in [-0.05, 0) is 55.5 Å². The van der Waals surface area contributed by atoms with E-state index < -0.39 is 5.91 Å². The number of hydrogen-bond donors (Lipinski definition) is 2. The van der Waals surface area contributed by atoms with Crippen LogP contribution in [0, 0.1) is 6.92 Å². The standard InChI is InChI=1S/C25H19Cl2N3O4/c1-14-21(23(30-34-14)22-17(26)6-5-7-18(22)27)25(32)28-16-12-10-15(11-13-16)24(31)29-19-8-3-4-9-20(19)33-2/h3-13H,1-2H3,(H,28,32)(H,29,31). The number of para-hydroxylation sites is 2. The molecular formula is C25H19Cl2N3O4. The molecule has 0 aliphatic rings. The minimum Gasteiger partial charge on any atom is -0.495 e. The Morgan fingerprint density at radius 2 is 1.56 bits per heavy atom. The fourth-order valence-electron chi connectivity index (χ4n) is 3.38. The monoisotopic (exact) mass is 495 g/mol. The van der Waals surface area contributed by atoms with Gasteiger partial charge in [0.05, 0.1) is 22.8 Å². The third-order valence-electron chi connectivity index (χ3n) is 5.05. The number of methoxy groups -OCH3 is 1. The minimum atomic E-state index is -0.448. The van der Waals surface area contributed by atoms with E-state index in [4.69, 9.17) is 32.5 Å². The number of nitrogens with zero attached hydrogens (tertiary/aromatic N) is 1. The number of nitrogens with one attached hydrogen (secondary N) is 2. The van der Waals surface area contributed by atoms with E-state index in [1.165, 1.54) is 7.11 Å². The molecule has 0 fully saturated rings. The van der Waals surface area contributed by atoms with Gasteiger partial charge in [-0.15, -0.1) is 0 Å². The number of anilines is 2. The maximum Gasteiger partial charge on any atom is 0.261 e. The summed E-state index contributed by atoms with van der Waals surface area (Å²) >= 11 is 12.6. The van der Waals surface area contributed by atoms with Crippen LogP contribution in [0.2, 0.25) is 10.0 Å². The van der Waals surface area contributed by atoms with E-state index in [0.29, 0.717) is 44.1 Å². The molecule has 3 aromatic carbocycles. The fraction of sp³-hybridized carbons (Fsp3) is 0.0800. The molecule has 0 saturated carbocycles. The third-order valence-corrected chi connectivity index (χ3v) is 5.68. The lowest BCUT2D eigenvalue weighted by Gasteiger charge is -2.11. The van der Waals surface area contributed by atoms with Gasteiger partial charge in [0.15, 0.2) is 0 Å². The first-order valence-electron chi connectivity index (χ1n) is 10.2. The SMILES string of the molecule is COc1ccccc1NC(=O)c1ccc(NC(=O)c2c(-c3c(Cl)cccc3Cl)noc2C)cc1. The van der Waals surface area contributed by atoms with Crippen LogP contribution >= 0.6 is 23.2 Å². The number of rotatable bonds is 6. The molecule has 0 aliphatic carbocycles. The van der Waals surface area contributed by atoms with Crippen molar-refractivity contribution in [2.45, 2.75) is 6.92 Å². The number of hydrogen-bond acceptors (Lipinski definition) is 5. The highest BCUT2D eigenvalue weighted by atomic mass is 35.5. The smallest absolute Gasteiger partial charge is 0.261 e. The predicted octanol–water partition coefficient (Wildman–Crippen LogP) is 6.47. The molecule has 4 rings (SSSR count). The van der Waals surface area contributed by atoms with E-state index >= 15 is 0 Å². The number of benzene rings is 3. The molecule has 34 heavy (non-hydrogen) atoms. The van der Waals surface area contributed by atoms with Crippen LogP contribution in [0.5, 0.6) is 5.75 Å². The van der Waals surface area contributed by atoms with E-state index in [9.17, 15) is 9.59 Å². The Balaban J connectivity index is 1.52. The predicted molar refractivity (Wildman–Crippen MR) is 132 cm³/mol. The topological polar surface area (TPSA) is 93.5 Å². The molecule has 0 spiro atoms. The maximum atomic E-state index is 13.1. The molecule has 0 atom stereocenters. The normalized spacial score (nSPS) is 10.6. The van der Waals surface area contributed by atoms with Crippen LogP contribution in [-0.4, -0.2) is 24.1 Å². The first kappa shape index (κ1) is 23.4. The quantitative estimate of drug-likeness (QED) is 0.319. The summed E-state index contributed by atoms with van der Waals surface area (Å²) in [5.41, 5.74) is 2.33. The molecule has 0 unspecified atom stereocenters. The molecule has 1 heterocycles. The van der Waals surface area contributed by atoms with Crippen LogP contribution < -0.4 is 15.4 Å². The van der Waals surface area contributed by atoms with E-state index in [2.05, 4.69) is 15.8 Å². The molecule has 2 N–H and O–H groups in total. The van der Waals surface area contributed by atoms with E-state index in [0.717, 1.165) is 0 Å². The molecule has 7 nitrogen and oxygen atoms in total. The molecule has 9 heteroatoms. The summed E-state index contributed by atoms with van der Waals surface area (Å²) in [5, 5.41) is 10.3. The van der Waals surface area contributed by atoms with Crippen molar-refractivity contribution in [3.8, 4) is 17.0 Å². The number of aryl methyl sites for hydroxylation is 1. The Bertz CT molecular complexity index is 1350. The Morgan fingerprint density at radius 1 is 0.882 bits per heavy atom. The molecule has 0 bridgehead atoms. The van der Waals surface area contributed by atoms with Crippen molar-refractivity contribution in [1.82, 2.24) is 5.16 Å². The molecule has 172 valence electrons. The second-order valence-electron chi connectivity index (χ2n) is 7.24. The molecule has 4 aromatic rings. The van der Waals surface area contributed by atoms with Gasteiger partial charge in [0.2, 0.25) is 0 Å². The van der Waals surface area contributed by atoms with Crippen LogP contribution in [0.3, 0.4) is 0 Å². The highest BCUT2D eigenvalue weighted by Crippen LogP contribution is 2.37. The number of amides is 2. The zero-order valence-corrected chi connectivity index (χ0v) is 19.7. The second-order valence-corrected chi connectivity index (χ2v) is 8.06. The van der Waals surface area contributed by atoms with Crippen molar-refractivity contribution in [3.05, 3.63) is 93.7 Å². The largest absolute Gasteiger partial charge is 0.495 e. The summed E-state index contributed by atoms with van der Waals surface area (Å²) in [6.45, 7) is 1.63. The van der Waals surface area contributed by atoms with Crippen LogP contribution in [0.1, 0.15) is 26.5 Å². The van der Waals surface area contributed by atoms with Gasteiger partial charge < -0.3 is 19.9 Å². The summed E-state index contributed by atoms with van der Waals surface area (Å²) in [6.07, 6.45) is 0. The summed E-state index contributed by atoms with van der Waals surface area (Å²) < 4.78 is 10.5. The number of carbonyl (C=O) groups excluding carboxylic acids is 2. The van der Waals surface area contributed by atoms with Gasteiger partial charge in [-0.25, -0.2) is 0 Å². The zero-order valence-electron chi connectivity index (χ0n) is 18.2. The summed E-state index contributed by atoms with van der Waals surface area (Å²) in [5.74, 6) is 0.110. The van der Waals surface area contributed by atoms with Crippen LogP contribution in [0.15, 0.2) is 71.3 Å². The summed E-state index contributed by atoms with van der Waals surface area (Å²) in [6, 6.07) is 18.6. The first-order valence-corrected chi connectivity index (χ1v) is 10.9. The number of carbonyl (C=O) groups is 2. The average molecular weight is 496 g/mol. The van der Waals surface area contributed by atoms with Crippen LogP contribution in [0.4, 0.5) is 11.4 Å². The second kappa shape index (κ2) is 9.99. The molecule has 2 amide bonds. The van der Waals surface area contributed by atoms with Crippen LogP contribution in [-0.2, 0) is 0 Å². The summed E-state index contributed by atoms with van der Waals surface area (Å²) in [4.78, 5) is 25.7. The Hall–Kier alpha value is -3.81. The highest BCUT2D eigenvalue weighted by Gasteiger charge is 2.25. The lowest BCUT2D eigenvalue weighted by molar-refractivity contribution is 0.101. The Morgan fingerprint density at radius 3 is 2.24 bits per heavy atom. The summed E-state index contributed by atoms with van der Waals surface area (Å²) in [7, 11) is 1.53. The third kappa shape index (κ3) is 4.76. The Labute approximate surface area is 205 Å². The molecule has 0 aliphatic heterocycles. The number of halogens is 2. The van der Waals surface area contributed by atoms with Crippen molar-refractivity contribution < 1.29 is 18.8 Å². The molecular weight excluding hydrogens is 477 g/mol. The van der Waals surface area contributed by atoms with Gasteiger partial charge in [-0.2, -0.15) is 0 Å².